The van der Waals surface area contributed by atoms with Gasteiger partial charge in [-0.1, -0.05) is 170 Å². The largest absolute Gasteiger partial charge is 0.455 e. The molecule has 304 valence electrons. The Hall–Kier alpha value is -8.24. The molecule has 0 aliphatic rings. The minimum absolute atomic E-state index is 0.891. The van der Waals surface area contributed by atoms with Crippen LogP contribution in [-0.4, -0.2) is 0 Å². The molecule has 3 heteroatoms. The average Bonchev–Trinajstić information content (AvgIpc) is 3.96. The standard InChI is InChI=1S/C62H39NOS/c1-2-10-42(11-3-1)54-16-8-17-55-57-39-46(29-37-58(57)64-62(54)55)41-24-32-49(33-25-41)63(50-34-26-44(27-35-50)53-15-9-19-60-61(53)56-14-6-7-18-59(56)65-60)48-30-22-40(23-31-48)45-28-36-52-47(38-45)21-20-43-12-4-5-13-51(43)52/h1-39H. The zero-order chi connectivity index (χ0) is 42.8. The Balaban J connectivity index is 0.880. The molecule has 13 rings (SSSR count). The number of furan rings is 1. The van der Waals surface area contributed by atoms with Gasteiger partial charge in [0.05, 0.1) is 0 Å². The van der Waals surface area contributed by atoms with Gasteiger partial charge in [0.25, 0.3) is 0 Å². The van der Waals surface area contributed by atoms with Gasteiger partial charge in [-0.15, -0.1) is 11.3 Å². The maximum absolute atomic E-state index is 6.51. The quantitative estimate of drug-likeness (QED) is 0.149. The molecule has 65 heavy (non-hydrogen) atoms. The first-order chi connectivity index (χ1) is 32.2. The topological polar surface area (TPSA) is 16.4 Å². The number of anilines is 3. The van der Waals surface area contributed by atoms with Crippen molar-refractivity contribution in [1.29, 1.82) is 0 Å². The van der Waals surface area contributed by atoms with Crippen molar-refractivity contribution in [2.45, 2.75) is 0 Å². The summed E-state index contributed by atoms with van der Waals surface area (Å²) in [4.78, 5) is 2.36. The molecule has 0 unspecified atom stereocenters. The number of thiophene rings is 1. The van der Waals surface area contributed by atoms with E-state index in [2.05, 4.69) is 235 Å². The van der Waals surface area contributed by atoms with Crippen LogP contribution in [0.3, 0.4) is 0 Å². The van der Waals surface area contributed by atoms with Crippen LogP contribution in [0.5, 0.6) is 0 Å². The Bertz CT molecular complexity index is 3920. The monoisotopic (exact) mass is 845 g/mol. The van der Waals surface area contributed by atoms with Crippen LogP contribution in [0.2, 0.25) is 0 Å². The van der Waals surface area contributed by atoms with E-state index in [1.807, 2.05) is 17.4 Å². The third-order valence-electron chi connectivity index (χ3n) is 13.1. The minimum Gasteiger partial charge on any atom is -0.455 e. The Kier molecular flexibility index (Phi) is 8.75. The second-order valence-electron chi connectivity index (χ2n) is 16.8. The first-order valence-electron chi connectivity index (χ1n) is 22.1. The highest BCUT2D eigenvalue weighted by Gasteiger charge is 2.17. The Morgan fingerprint density at radius 3 is 1.62 bits per heavy atom. The van der Waals surface area contributed by atoms with Gasteiger partial charge in [0.2, 0.25) is 0 Å². The lowest BCUT2D eigenvalue weighted by atomic mass is 9.97. The predicted octanol–water partition coefficient (Wildman–Crippen LogP) is 18.4. The van der Waals surface area contributed by atoms with Crippen LogP contribution >= 0.6 is 11.3 Å². The van der Waals surface area contributed by atoms with E-state index in [4.69, 9.17) is 4.42 Å². The van der Waals surface area contributed by atoms with Gasteiger partial charge in [0, 0.05) is 53.6 Å². The van der Waals surface area contributed by atoms with Crippen molar-refractivity contribution in [3.63, 3.8) is 0 Å². The van der Waals surface area contributed by atoms with Crippen molar-refractivity contribution in [3.05, 3.63) is 237 Å². The molecule has 0 aliphatic carbocycles. The van der Waals surface area contributed by atoms with Gasteiger partial charge in [-0.25, -0.2) is 0 Å². The van der Waals surface area contributed by atoms with Crippen LogP contribution in [0.25, 0.3) is 108 Å². The summed E-state index contributed by atoms with van der Waals surface area (Å²) in [6, 6.07) is 85.9. The fourth-order valence-corrected chi connectivity index (χ4v) is 11.0. The number of hydrogen-bond acceptors (Lipinski definition) is 3. The van der Waals surface area contributed by atoms with Gasteiger partial charge in [0.15, 0.2) is 0 Å². The van der Waals surface area contributed by atoms with Gasteiger partial charge in [0.1, 0.15) is 11.2 Å². The molecule has 2 heterocycles. The maximum Gasteiger partial charge on any atom is 0.143 e. The van der Waals surface area contributed by atoms with E-state index in [1.54, 1.807) is 0 Å². The molecule has 0 saturated heterocycles. The molecular formula is C62H39NOS. The van der Waals surface area contributed by atoms with Gasteiger partial charge in [-0.05, 0) is 127 Å². The summed E-state index contributed by atoms with van der Waals surface area (Å²) in [6.45, 7) is 0. The molecule has 0 atom stereocenters. The van der Waals surface area contributed by atoms with Gasteiger partial charge in [-0.2, -0.15) is 0 Å². The fraction of sp³-hybridized carbons (Fsp3) is 0. The van der Waals surface area contributed by atoms with E-state index in [9.17, 15) is 0 Å². The van der Waals surface area contributed by atoms with E-state index in [0.29, 0.717) is 0 Å². The van der Waals surface area contributed by atoms with Crippen molar-refractivity contribution in [3.8, 4) is 44.5 Å². The van der Waals surface area contributed by atoms with Crippen LogP contribution in [0.1, 0.15) is 0 Å². The Labute approximate surface area is 380 Å². The summed E-state index contributed by atoms with van der Waals surface area (Å²) in [5, 5.41) is 9.95. The number of hydrogen-bond donors (Lipinski definition) is 0. The molecule has 0 N–H and O–H groups in total. The second-order valence-corrected chi connectivity index (χ2v) is 17.9. The third kappa shape index (κ3) is 6.39. The van der Waals surface area contributed by atoms with Crippen LogP contribution in [0, 0.1) is 0 Å². The normalized spacial score (nSPS) is 11.7. The molecule has 11 aromatic carbocycles. The number of fused-ring (bicyclic) bond motifs is 9. The van der Waals surface area contributed by atoms with Crippen LogP contribution in [0.4, 0.5) is 17.1 Å². The second kappa shape index (κ2) is 15.2. The number of nitrogens with zero attached hydrogens (tertiary/aromatic N) is 1. The molecule has 0 saturated carbocycles. The van der Waals surface area contributed by atoms with E-state index >= 15 is 0 Å². The third-order valence-corrected chi connectivity index (χ3v) is 14.2. The average molecular weight is 846 g/mol. The summed E-state index contributed by atoms with van der Waals surface area (Å²) < 4.78 is 9.14. The molecule has 13 aromatic rings. The summed E-state index contributed by atoms with van der Waals surface area (Å²) in [6.07, 6.45) is 0. The van der Waals surface area contributed by atoms with Crippen molar-refractivity contribution in [2.24, 2.45) is 0 Å². The van der Waals surface area contributed by atoms with E-state index < -0.39 is 0 Å². The lowest BCUT2D eigenvalue weighted by molar-refractivity contribution is 0.670. The fourth-order valence-electron chi connectivity index (χ4n) is 9.87. The lowest BCUT2D eigenvalue weighted by Gasteiger charge is -2.26. The highest BCUT2D eigenvalue weighted by molar-refractivity contribution is 7.25. The highest BCUT2D eigenvalue weighted by atomic mass is 32.1. The maximum atomic E-state index is 6.51. The zero-order valence-corrected chi connectivity index (χ0v) is 36.1. The van der Waals surface area contributed by atoms with Crippen LogP contribution in [0.15, 0.2) is 241 Å². The zero-order valence-electron chi connectivity index (χ0n) is 35.3. The van der Waals surface area contributed by atoms with Crippen molar-refractivity contribution in [1.82, 2.24) is 0 Å². The summed E-state index contributed by atoms with van der Waals surface area (Å²) in [5.74, 6) is 0. The molecule has 0 fully saturated rings. The summed E-state index contributed by atoms with van der Waals surface area (Å²) in [7, 11) is 0. The number of para-hydroxylation sites is 1. The molecule has 0 spiro atoms. The van der Waals surface area contributed by atoms with Gasteiger partial charge < -0.3 is 9.32 Å². The van der Waals surface area contributed by atoms with Crippen molar-refractivity contribution < 1.29 is 4.42 Å². The summed E-state index contributed by atoms with van der Waals surface area (Å²) in [5.41, 5.74) is 14.5. The van der Waals surface area contributed by atoms with Crippen LogP contribution in [-0.2, 0) is 0 Å². The smallest absolute Gasteiger partial charge is 0.143 e. The Morgan fingerprint density at radius 2 is 0.846 bits per heavy atom. The minimum atomic E-state index is 0.891. The number of benzene rings is 11. The predicted molar refractivity (Wildman–Crippen MR) is 278 cm³/mol. The molecule has 2 nitrogen and oxygen atoms in total. The molecule has 0 aliphatic heterocycles. The Morgan fingerprint density at radius 1 is 0.308 bits per heavy atom. The molecule has 0 amide bonds. The van der Waals surface area contributed by atoms with Crippen molar-refractivity contribution in [2.75, 3.05) is 4.90 Å². The lowest BCUT2D eigenvalue weighted by Crippen LogP contribution is -2.09. The molecule has 0 bridgehead atoms. The molecular weight excluding hydrogens is 807 g/mol. The van der Waals surface area contributed by atoms with Crippen LogP contribution < -0.4 is 4.90 Å². The molecule has 0 radical (unpaired) electrons. The first kappa shape index (κ1) is 37.3. The van der Waals surface area contributed by atoms with Crippen molar-refractivity contribution >= 4 is 92.1 Å². The van der Waals surface area contributed by atoms with E-state index in [-0.39, 0.29) is 0 Å². The van der Waals surface area contributed by atoms with E-state index in [0.717, 1.165) is 61.3 Å². The first-order valence-corrected chi connectivity index (χ1v) is 23.0. The van der Waals surface area contributed by atoms with E-state index in [1.165, 1.54) is 64.0 Å². The number of rotatable bonds is 7. The highest BCUT2D eigenvalue weighted by Crippen LogP contribution is 2.43. The van der Waals surface area contributed by atoms with Gasteiger partial charge >= 0.3 is 0 Å². The SMILES string of the molecule is c1ccc(-c2cccc3c2oc2ccc(-c4ccc(N(c5ccc(-c6ccc7c(ccc8ccccc87)c6)cc5)c5ccc(-c6cccc7sc8ccccc8c67)cc5)cc4)cc23)cc1. The van der Waals surface area contributed by atoms with Gasteiger partial charge in [-0.3, -0.25) is 0 Å². The molecule has 2 aromatic heterocycles. The summed E-state index contributed by atoms with van der Waals surface area (Å²) >= 11 is 1.86.